The summed E-state index contributed by atoms with van der Waals surface area (Å²) < 4.78 is 0. The van der Waals surface area contributed by atoms with Gasteiger partial charge in [0.05, 0.1) is 5.56 Å². The van der Waals surface area contributed by atoms with E-state index in [1.54, 1.807) is 18.2 Å². The van der Waals surface area contributed by atoms with Gasteiger partial charge >= 0.3 is 0 Å². The Balaban J connectivity index is 2.17. The van der Waals surface area contributed by atoms with Crippen LogP contribution in [0.2, 0.25) is 5.02 Å². The van der Waals surface area contributed by atoms with Gasteiger partial charge in [0.15, 0.2) is 0 Å². The minimum absolute atomic E-state index is 0.0220. The number of nitrogen functional groups attached to an aromatic ring is 1. The zero-order chi connectivity index (χ0) is 12.5. The summed E-state index contributed by atoms with van der Waals surface area (Å²) in [6.07, 6.45) is 4.24. The van der Waals surface area contributed by atoms with E-state index in [0.717, 1.165) is 19.3 Å². The molecule has 1 saturated carbocycles. The summed E-state index contributed by atoms with van der Waals surface area (Å²) in [6.45, 7) is 2.10. The largest absolute Gasteiger partial charge is 0.398 e. The van der Waals surface area contributed by atoms with Gasteiger partial charge in [0, 0.05) is 16.2 Å². The number of hydrogen-bond donors (Lipinski definition) is 2. The van der Waals surface area contributed by atoms with E-state index in [2.05, 4.69) is 12.2 Å². The standard InChI is InChI=1S/C13H17ClN2O/c1-2-13(6-3-7-13)16-12(17)10-8-9(14)4-5-11(10)15/h4-5,8H,2-3,6-7,15H2,1H3,(H,16,17). The van der Waals surface area contributed by atoms with Crippen molar-refractivity contribution in [1.29, 1.82) is 0 Å². The molecule has 1 aromatic carbocycles. The van der Waals surface area contributed by atoms with Crippen molar-refractivity contribution in [3.8, 4) is 0 Å². The van der Waals surface area contributed by atoms with Gasteiger partial charge in [-0.05, 0) is 43.9 Å². The summed E-state index contributed by atoms with van der Waals surface area (Å²) in [6, 6.07) is 4.97. The van der Waals surface area contributed by atoms with Crippen LogP contribution in [0.15, 0.2) is 18.2 Å². The van der Waals surface area contributed by atoms with E-state index in [0.29, 0.717) is 16.3 Å². The summed E-state index contributed by atoms with van der Waals surface area (Å²) >= 11 is 5.88. The minimum atomic E-state index is -0.119. The second-order valence-electron chi connectivity index (χ2n) is 4.67. The van der Waals surface area contributed by atoms with Crippen molar-refractivity contribution in [2.45, 2.75) is 38.1 Å². The Morgan fingerprint density at radius 2 is 2.24 bits per heavy atom. The lowest BCUT2D eigenvalue weighted by Crippen LogP contribution is -2.53. The van der Waals surface area contributed by atoms with Crippen molar-refractivity contribution in [2.75, 3.05) is 5.73 Å². The van der Waals surface area contributed by atoms with Crippen molar-refractivity contribution in [1.82, 2.24) is 5.32 Å². The molecule has 0 saturated heterocycles. The summed E-state index contributed by atoms with van der Waals surface area (Å²) in [5.41, 5.74) is 6.71. The number of rotatable bonds is 3. The highest BCUT2D eigenvalue weighted by Gasteiger charge is 2.36. The van der Waals surface area contributed by atoms with Crippen molar-refractivity contribution in [2.24, 2.45) is 0 Å². The van der Waals surface area contributed by atoms with E-state index in [1.165, 1.54) is 6.42 Å². The van der Waals surface area contributed by atoms with Crippen LogP contribution < -0.4 is 11.1 Å². The summed E-state index contributed by atoms with van der Waals surface area (Å²) in [5.74, 6) is -0.119. The second-order valence-corrected chi connectivity index (χ2v) is 5.11. The molecule has 0 heterocycles. The Morgan fingerprint density at radius 3 is 2.76 bits per heavy atom. The molecule has 0 unspecified atom stereocenters. The number of nitrogens with one attached hydrogen (secondary N) is 1. The Labute approximate surface area is 106 Å². The van der Waals surface area contributed by atoms with Gasteiger partial charge in [-0.3, -0.25) is 4.79 Å². The number of carbonyl (C=O) groups is 1. The van der Waals surface area contributed by atoms with Gasteiger partial charge in [-0.15, -0.1) is 0 Å². The molecule has 92 valence electrons. The molecule has 1 fully saturated rings. The molecular formula is C13H17ClN2O. The van der Waals surface area contributed by atoms with Crippen LogP contribution in [0.5, 0.6) is 0 Å². The predicted octanol–water partition coefficient (Wildman–Crippen LogP) is 2.98. The molecule has 0 atom stereocenters. The number of nitrogens with two attached hydrogens (primary N) is 1. The van der Waals surface area contributed by atoms with E-state index in [-0.39, 0.29) is 11.4 Å². The van der Waals surface area contributed by atoms with Gasteiger partial charge in [0.25, 0.3) is 5.91 Å². The zero-order valence-corrected chi connectivity index (χ0v) is 10.7. The molecule has 1 aliphatic carbocycles. The lowest BCUT2D eigenvalue weighted by atomic mass is 9.74. The lowest BCUT2D eigenvalue weighted by molar-refractivity contribution is 0.0821. The number of hydrogen-bond acceptors (Lipinski definition) is 2. The third-order valence-electron chi connectivity index (χ3n) is 3.63. The van der Waals surface area contributed by atoms with Crippen LogP contribution in [0.25, 0.3) is 0 Å². The predicted molar refractivity (Wildman–Crippen MR) is 70.2 cm³/mol. The topological polar surface area (TPSA) is 55.1 Å². The van der Waals surface area contributed by atoms with Crippen molar-refractivity contribution >= 4 is 23.2 Å². The van der Waals surface area contributed by atoms with Crippen molar-refractivity contribution < 1.29 is 4.79 Å². The van der Waals surface area contributed by atoms with Crippen LogP contribution in [-0.4, -0.2) is 11.4 Å². The monoisotopic (exact) mass is 252 g/mol. The molecule has 1 aliphatic rings. The number of anilines is 1. The van der Waals surface area contributed by atoms with Crippen LogP contribution >= 0.6 is 11.6 Å². The quantitative estimate of drug-likeness (QED) is 0.813. The van der Waals surface area contributed by atoms with E-state index in [9.17, 15) is 4.79 Å². The smallest absolute Gasteiger partial charge is 0.253 e. The number of amides is 1. The molecule has 2 rings (SSSR count). The molecule has 3 N–H and O–H groups in total. The highest BCUT2D eigenvalue weighted by atomic mass is 35.5. The van der Waals surface area contributed by atoms with Gasteiger partial charge in [0.2, 0.25) is 0 Å². The van der Waals surface area contributed by atoms with Crippen molar-refractivity contribution in [3.63, 3.8) is 0 Å². The molecule has 0 spiro atoms. The summed E-state index contributed by atoms with van der Waals surface area (Å²) in [7, 11) is 0. The molecule has 0 aliphatic heterocycles. The Morgan fingerprint density at radius 1 is 1.53 bits per heavy atom. The lowest BCUT2D eigenvalue weighted by Gasteiger charge is -2.42. The Hall–Kier alpha value is -1.22. The molecule has 1 aromatic rings. The van der Waals surface area contributed by atoms with E-state index < -0.39 is 0 Å². The number of benzene rings is 1. The van der Waals surface area contributed by atoms with E-state index in [4.69, 9.17) is 17.3 Å². The normalized spacial score (nSPS) is 17.3. The molecule has 3 nitrogen and oxygen atoms in total. The van der Waals surface area contributed by atoms with Crippen LogP contribution in [0.1, 0.15) is 43.0 Å². The summed E-state index contributed by atoms with van der Waals surface area (Å²) in [4.78, 5) is 12.1. The third kappa shape index (κ3) is 2.39. The fourth-order valence-electron chi connectivity index (χ4n) is 2.20. The van der Waals surface area contributed by atoms with Gasteiger partial charge in [-0.2, -0.15) is 0 Å². The highest BCUT2D eigenvalue weighted by Crippen LogP contribution is 2.35. The maximum Gasteiger partial charge on any atom is 0.253 e. The first-order valence-corrected chi connectivity index (χ1v) is 6.32. The van der Waals surface area contributed by atoms with Crippen LogP contribution in [0.4, 0.5) is 5.69 Å². The molecule has 0 bridgehead atoms. The van der Waals surface area contributed by atoms with Crippen LogP contribution in [0, 0.1) is 0 Å². The highest BCUT2D eigenvalue weighted by molar-refractivity contribution is 6.31. The summed E-state index contributed by atoms with van der Waals surface area (Å²) in [5, 5.41) is 3.62. The van der Waals surface area contributed by atoms with Crippen LogP contribution in [0.3, 0.4) is 0 Å². The molecule has 0 aromatic heterocycles. The Kier molecular flexibility index (Phi) is 3.29. The average molecular weight is 253 g/mol. The fourth-order valence-corrected chi connectivity index (χ4v) is 2.38. The Bertz CT molecular complexity index is 436. The molecule has 0 radical (unpaired) electrons. The van der Waals surface area contributed by atoms with Crippen LogP contribution in [-0.2, 0) is 0 Å². The second kappa shape index (κ2) is 4.57. The third-order valence-corrected chi connectivity index (χ3v) is 3.86. The number of halogens is 1. The van der Waals surface area contributed by atoms with Gasteiger partial charge in [0.1, 0.15) is 0 Å². The van der Waals surface area contributed by atoms with E-state index >= 15 is 0 Å². The maximum absolute atomic E-state index is 12.1. The first kappa shape index (κ1) is 12.2. The first-order chi connectivity index (χ1) is 8.06. The van der Waals surface area contributed by atoms with Gasteiger partial charge in [-0.25, -0.2) is 0 Å². The van der Waals surface area contributed by atoms with Gasteiger partial charge < -0.3 is 11.1 Å². The first-order valence-electron chi connectivity index (χ1n) is 5.94. The van der Waals surface area contributed by atoms with E-state index in [1.807, 2.05) is 0 Å². The molecule has 4 heteroatoms. The minimum Gasteiger partial charge on any atom is -0.398 e. The van der Waals surface area contributed by atoms with Crippen molar-refractivity contribution in [3.05, 3.63) is 28.8 Å². The molecule has 17 heavy (non-hydrogen) atoms. The maximum atomic E-state index is 12.1. The number of carbonyl (C=O) groups excluding carboxylic acids is 1. The average Bonchev–Trinajstić information content (AvgIpc) is 2.26. The molecular weight excluding hydrogens is 236 g/mol. The van der Waals surface area contributed by atoms with Gasteiger partial charge in [-0.1, -0.05) is 18.5 Å². The molecule has 1 amide bonds. The zero-order valence-electron chi connectivity index (χ0n) is 9.92. The fraction of sp³-hybridized carbons (Fsp3) is 0.462. The SMILES string of the molecule is CCC1(NC(=O)c2cc(Cl)ccc2N)CCC1.